The number of methoxy groups -OCH3 is 2. The van der Waals surface area contributed by atoms with Crippen LogP contribution in [0.5, 0.6) is 11.5 Å². The van der Waals surface area contributed by atoms with Crippen molar-refractivity contribution in [2.24, 2.45) is 0 Å². The van der Waals surface area contributed by atoms with Crippen LogP contribution in [0, 0.1) is 6.92 Å². The smallest absolute Gasteiger partial charge is 0.306 e. The van der Waals surface area contributed by atoms with Gasteiger partial charge in [0.25, 0.3) is 0 Å². The minimum Gasteiger partial charge on any atom is -0.496 e. The number of esters is 1. The Bertz CT molecular complexity index is 453. The van der Waals surface area contributed by atoms with Crippen LogP contribution < -0.4 is 9.47 Å². The average molecular weight is 250 g/mol. The summed E-state index contributed by atoms with van der Waals surface area (Å²) in [6.07, 6.45) is 1.24. The maximum atomic E-state index is 11.4. The third-order valence-corrected chi connectivity index (χ3v) is 3.40. The van der Waals surface area contributed by atoms with Crippen molar-refractivity contribution in [2.45, 2.75) is 25.7 Å². The molecule has 1 aliphatic heterocycles. The fraction of sp³-hybridized carbons (Fsp3) is 0.500. The van der Waals surface area contributed by atoms with Crippen molar-refractivity contribution in [2.75, 3.05) is 20.8 Å². The lowest BCUT2D eigenvalue weighted by Crippen LogP contribution is -2.18. The van der Waals surface area contributed by atoms with Crippen LogP contribution in [0.15, 0.2) is 12.1 Å². The number of rotatable bonds is 3. The Balaban J connectivity index is 2.32. The number of benzene rings is 1. The highest BCUT2D eigenvalue weighted by Gasteiger charge is 2.26. The van der Waals surface area contributed by atoms with Crippen molar-refractivity contribution in [3.05, 3.63) is 23.3 Å². The van der Waals surface area contributed by atoms with Gasteiger partial charge in [-0.1, -0.05) is 6.07 Å². The lowest BCUT2D eigenvalue weighted by molar-refractivity contribution is -0.141. The summed E-state index contributed by atoms with van der Waals surface area (Å²) in [6.45, 7) is 2.60. The third-order valence-electron chi connectivity index (χ3n) is 3.40. The Hall–Kier alpha value is -1.71. The van der Waals surface area contributed by atoms with E-state index in [-0.39, 0.29) is 11.9 Å². The van der Waals surface area contributed by atoms with Gasteiger partial charge >= 0.3 is 5.97 Å². The number of hydrogen-bond acceptors (Lipinski definition) is 4. The molecule has 1 heterocycles. The van der Waals surface area contributed by atoms with E-state index in [4.69, 9.17) is 14.2 Å². The molecule has 0 aromatic heterocycles. The molecule has 0 saturated carbocycles. The Labute approximate surface area is 107 Å². The molecule has 18 heavy (non-hydrogen) atoms. The molecule has 4 heteroatoms. The van der Waals surface area contributed by atoms with Crippen molar-refractivity contribution >= 4 is 5.97 Å². The number of fused-ring (bicyclic) bond motifs is 1. The van der Waals surface area contributed by atoms with Crippen LogP contribution in [0.25, 0.3) is 0 Å². The Kier molecular flexibility index (Phi) is 3.75. The second kappa shape index (κ2) is 5.29. The van der Waals surface area contributed by atoms with Gasteiger partial charge in [-0.05, 0) is 25.0 Å². The highest BCUT2D eigenvalue weighted by Crippen LogP contribution is 2.41. The standard InChI is InChI=1S/C14H18O4/c1-9-12(16-2)5-4-11-10(8-13(15)17-3)6-7-18-14(9)11/h4-5,10H,6-8H2,1-3H3. The molecule has 0 saturated heterocycles. The Morgan fingerprint density at radius 2 is 2.22 bits per heavy atom. The third kappa shape index (κ3) is 2.28. The van der Waals surface area contributed by atoms with Crippen LogP contribution in [-0.4, -0.2) is 26.8 Å². The van der Waals surface area contributed by atoms with Gasteiger partial charge in [0, 0.05) is 11.5 Å². The highest BCUT2D eigenvalue weighted by atomic mass is 16.5. The molecule has 1 aromatic carbocycles. The Morgan fingerprint density at radius 3 is 2.89 bits per heavy atom. The van der Waals surface area contributed by atoms with Crippen LogP contribution in [-0.2, 0) is 9.53 Å². The van der Waals surface area contributed by atoms with Crippen LogP contribution in [0.3, 0.4) is 0 Å². The van der Waals surface area contributed by atoms with Gasteiger partial charge in [-0.3, -0.25) is 4.79 Å². The predicted molar refractivity (Wildman–Crippen MR) is 67.2 cm³/mol. The number of carbonyl (C=O) groups excluding carboxylic acids is 1. The van der Waals surface area contributed by atoms with E-state index in [1.807, 2.05) is 19.1 Å². The molecular formula is C14H18O4. The van der Waals surface area contributed by atoms with Gasteiger partial charge in [0.1, 0.15) is 11.5 Å². The van der Waals surface area contributed by atoms with Crippen molar-refractivity contribution in [1.29, 1.82) is 0 Å². The lowest BCUT2D eigenvalue weighted by atomic mass is 9.89. The largest absolute Gasteiger partial charge is 0.496 e. The monoisotopic (exact) mass is 250 g/mol. The van der Waals surface area contributed by atoms with Crippen LogP contribution in [0.4, 0.5) is 0 Å². The SMILES string of the molecule is COC(=O)CC1CCOc2c1ccc(OC)c2C. The van der Waals surface area contributed by atoms with Gasteiger partial charge in [0.2, 0.25) is 0 Å². The molecule has 0 fully saturated rings. The summed E-state index contributed by atoms with van der Waals surface area (Å²) in [4.78, 5) is 11.4. The number of ether oxygens (including phenoxy) is 3. The molecule has 1 atom stereocenters. The van der Waals surface area contributed by atoms with E-state index in [9.17, 15) is 4.79 Å². The maximum Gasteiger partial charge on any atom is 0.306 e. The zero-order valence-corrected chi connectivity index (χ0v) is 11.0. The normalized spacial score (nSPS) is 17.6. The molecular weight excluding hydrogens is 232 g/mol. The molecule has 0 aliphatic carbocycles. The van der Waals surface area contributed by atoms with Gasteiger partial charge in [-0.2, -0.15) is 0 Å². The first-order chi connectivity index (χ1) is 8.67. The molecule has 0 amide bonds. The summed E-state index contributed by atoms with van der Waals surface area (Å²) in [7, 11) is 3.06. The van der Waals surface area contributed by atoms with Crippen LogP contribution >= 0.6 is 0 Å². The second-order valence-corrected chi connectivity index (χ2v) is 4.43. The van der Waals surface area contributed by atoms with E-state index in [0.29, 0.717) is 13.0 Å². The highest BCUT2D eigenvalue weighted by molar-refractivity contribution is 5.71. The van der Waals surface area contributed by atoms with Gasteiger partial charge in [-0.15, -0.1) is 0 Å². The molecule has 1 unspecified atom stereocenters. The topological polar surface area (TPSA) is 44.8 Å². The van der Waals surface area contributed by atoms with Gasteiger partial charge in [0.15, 0.2) is 0 Å². The first-order valence-electron chi connectivity index (χ1n) is 6.04. The quantitative estimate of drug-likeness (QED) is 0.773. The summed E-state index contributed by atoms with van der Waals surface area (Å²) in [5, 5.41) is 0. The number of hydrogen-bond donors (Lipinski definition) is 0. The summed E-state index contributed by atoms with van der Waals surface area (Å²) < 4.78 is 15.7. The predicted octanol–water partition coefficient (Wildman–Crippen LogP) is 2.43. The fourth-order valence-electron chi connectivity index (χ4n) is 2.38. The first-order valence-corrected chi connectivity index (χ1v) is 6.04. The summed E-state index contributed by atoms with van der Waals surface area (Å²) >= 11 is 0. The average Bonchev–Trinajstić information content (AvgIpc) is 2.40. The molecule has 0 spiro atoms. The van der Waals surface area contributed by atoms with E-state index in [0.717, 1.165) is 29.0 Å². The number of carbonyl (C=O) groups is 1. The van der Waals surface area contributed by atoms with Crippen molar-refractivity contribution in [1.82, 2.24) is 0 Å². The Morgan fingerprint density at radius 1 is 1.44 bits per heavy atom. The maximum absolute atomic E-state index is 11.4. The van der Waals surface area contributed by atoms with Crippen LogP contribution in [0.1, 0.15) is 29.9 Å². The second-order valence-electron chi connectivity index (χ2n) is 4.43. The van der Waals surface area contributed by atoms with Gasteiger partial charge < -0.3 is 14.2 Å². The van der Waals surface area contributed by atoms with Crippen molar-refractivity contribution < 1.29 is 19.0 Å². The minimum atomic E-state index is -0.179. The van der Waals surface area contributed by atoms with E-state index < -0.39 is 0 Å². The molecule has 98 valence electrons. The van der Waals surface area contributed by atoms with Gasteiger partial charge in [-0.25, -0.2) is 0 Å². The molecule has 1 aliphatic rings. The van der Waals surface area contributed by atoms with Crippen LogP contribution in [0.2, 0.25) is 0 Å². The first kappa shape index (κ1) is 12.7. The molecule has 0 bridgehead atoms. The zero-order chi connectivity index (χ0) is 13.1. The van der Waals surface area contributed by atoms with E-state index in [1.54, 1.807) is 7.11 Å². The fourth-order valence-corrected chi connectivity index (χ4v) is 2.38. The minimum absolute atomic E-state index is 0.172. The molecule has 1 aromatic rings. The van der Waals surface area contributed by atoms with E-state index in [2.05, 4.69) is 0 Å². The summed E-state index contributed by atoms with van der Waals surface area (Å²) in [5.74, 6) is 1.66. The lowest BCUT2D eigenvalue weighted by Gasteiger charge is -2.27. The van der Waals surface area contributed by atoms with Crippen molar-refractivity contribution in [3.8, 4) is 11.5 Å². The molecule has 4 nitrogen and oxygen atoms in total. The summed E-state index contributed by atoms with van der Waals surface area (Å²) in [6, 6.07) is 3.90. The molecule has 2 rings (SSSR count). The zero-order valence-electron chi connectivity index (χ0n) is 11.0. The van der Waals surface area contributed by atoms with Gasteiger partial charge in [0.05, 0.1) is 27.2 Å². The van der Waals surface area contributed by atoms with E-state index in [1.165, 1.54) is 7.11 Å². The molecule has 0 radical (unpaired) electrons. The summed E-state index contributed by atoms with van der Waals surface area (Å²) in [5.41, 5.74) is 2.06. The molecule has 0 N–H and O–H groups in total. The van der Waals surface area contributed by atoms with Crippen molar-refractivity contribution in [3.63, 3.8) is 0 Å². The van der Waals surface area contributed by atoms with E-state index >= 15 is 0 Å².